The number of aliphatic imine (C=N–C) groups is 1. The van der Waals surface area contributed by atoms with Crippen molar-refractivity contribution in [2.75, 3.05) is 12.3 Å². The van der Waals surface area contributed by atoms with Crippen LogP contribution in [-0.2, 0) is 16.3 Å². The van der Waals surface area contributed by atoms with Gasteiger partial charge < -0.3 is 9.61 Å². The van der Waals surface area contributed by atoms with Crippen molar-refractivity contribution in [1.29, 1.82) is 0 Å². The average molecular weight is 280 g/mol. The molecule has 0 saturated carbocycles. The van der Waals surface area contributed by atoms with Crippen LogP contribution in [0.15, 0.2) is 17.6 Å². The van der Waals surface area contributed by atoms with Crippen molar-refractivity contribution in [3.63, 3.8) is 0 Å². The van der Waals surface area contributed by atoms with Crippen molar-refractivity contribution < 1.29 is 4.52 Å². The van der Waals surface area contributed by atoms with Crippen LogP contribution in [0.3, 0.4) is 0 Å². The first kappa shape index (κ1) is 16.2. The first-order valence-corrected chi connectivity index (χ1v) is 9.65. The van der Waals surface area contributed by atoms with Gasteiger partial charge in [-0.15, -0.1) is 6.58 Å². The van der Waals surface area contributed by atoms with Crippen molar-refractivity contribution in [1.82, 2.24) is 5.09 Å². The van der Waals surface area contributed by atoms with Gasteiger partial charge in [-0.25, -0.2) is 0 Å². The summed E-state index contributed by atoms with van der Waals surface area (Å²) >= 11 is 7.20. The van der Waals surface area contributed by atoms with Gasteiger partial charge in [0.25, 0.3) is 0 Å². The van der Waals surface area contributed by atoms with E-state index in [0.717, 1.165) is 12.2 Å². The topological polar surface area (TPSA) is 33.6 Å². The summed E-state index contributed by atoms with van der Waals surface area (Å²) in [6.45, 7) is 10.3. The minimum atomic E-state index is -2.02. The molecule has 0 rings (SSSR count). The van der Waals surface area contributed by atoms with Crippen LogP contribution in [0.4, 0.5) is 0 Å². The van der Waals surface area contributed by atoms with E-state index in [4.69, 9.17) is 16.3 Å². The molecule has 0 aromatic heterocycles. The number of nitrogens with zero attached hydrogens (tertiary/aromatic N) is 1. The number of rotatable bonds is 9. The van der Waals surface area contributed by atoms with Crippen molar-refractivity contribution in [2.24, 2.45) is 4.99 Å². The van der Waals surface area contributed by atoms with Crippen molar-refractivity contribution in [3.8, 4) is 0 Å². The molecule has 0 bridgehead atoms. The molecule has 0 aromatic carbocycles. The van der Waals surface area contributed by atoms with Crippen LogP contribution in [0.1, 0.15) is 27.2 Å². The molecule has 0 amide bonds. The van der Waals surface area contributed by atoms with Gasteiger partial charge >= 0.3 is 0 Å². The third-order valence-corrected chi connectivity index (χ3v) is 7.08. The molecule has 6 heteroatoms. The molecule has 1 N–H and O–H groups in total. The lowest BCUT2D eigenvalue weighted by molar-refractivity contribution is 0.274. The molecule has 1 atom stereocenters. The molecule has 0 aromatic rings. The second-order valence-corrected chi connectivity index (χ2v) is 10.1. The standard InChI is InChI=1S/C10H21N2OPS2/c1-5-7-11-9-12-14(15,13-10(3)4)16-8-6-2/h5,9-10H,1,6-8H2,2-4H3,(H,11,12,15). The second kappa shape index (κ2) is 9.23. The summed E-state index contributed by atoms with van der Waals surface area (Å²) in [6.07, 6.45) is 4.61. The van der Waals surface area contributed by atoms with E-state index >= 15 is 0 Å². The highest BCUT2D eigenvalue weighted by Gasteiger charge is 2.18. The molecule has 1 unspecified atom stereocenters. The van der Waals surface area contributed by atoms with Gasteiger partial charge in [0, 0.05) is 5.75 Å². The second-order valence-electron chi connectivity index (χ2n) is 3.40. The maximum atomic E-state index is 5.78. The molecule has 0 aliphatic carbocycles. The Morgan fingerprint density at radius 2 is 2.31 bits per heavy atom. The maximum absolute atomic E-state index is 5.78. The van der Waals surface area contributed by atoms with Crippen LogP contribution < -0.4 is 5.09 Å². The highest BCUT2D eigenvalue weighted by Crippen LogP contribution is 2.56. The van der Waals surface area contributed by atoms with Crippen molar-refractivity contribution in [3.05, 3.63) is 12.7 Å². The minimum Gasteiger partial charge on any atom is -0.324 e. The molecule has 16 heavy (non-hydrogen) atoms. The number of nitrogens with one attached hydrogen (secondary N) is 1. The van der Waals surface area contributed by atoms with Gasteiger partial charge in [0.15, 0.2) is 0 Å². The summed E-state index contributed by atoms with van der Waals surface area (Å²) in [5, 5.41) is 3.12. The third-order valence-electron chi connectivity index (χ3n) is 1.36. The van der Waals surface area contributed by atoms with E-state index in [1.807, 2.05) is 13.8 Å². The molecule has 3 nitrogen and oxygen atoms in total. The Labute approximate surface area is 108 Å². The molecule has 0 heterocycles. The molecule has 94 valence electrons. The van der Waals surface area contributed by atoms with Gasteiger partial charge in [-0.3, -0.25) is 4.99 Å². The molecule has 0 aliphatic rings. The Morgan fingerprint density at radius 1 is 1.62 bits per heavy atom. The quantitative estimate of drug-likeness (QED) is 0.303. The third kappa shape index (κ3) is 8.34. The molecular formula is C10H21N2OPS2. The van der Waals surface area contributed by atoms with Crippen LogP contribution in [-0.4, -0.2) is 24.7 Å². The Kier molecular flexibility index (Phi) is 9.32. The summed E-state index contributed by atoms with van der Waals surface area (Å²) in [4.78, 5) is 4.10. The Bertz CT molecular complexity index is 270. The Balaban J connectivity index is 4.28. The fourth-order valence-corrected chi connectivity index (χ4v) is 5.88. The van der Waals surface area contributed by atoms with Crippen LogP contribution >= 0.6 is 17.0 Å². The van der Waals surface area contributed by atoms with E-state index in [9.17, 15) is 0 Å². The summed E-state index contributed by atoms with van der Waals surface area (Å²) in [5.41, 5.74) is -2.02. The van der Waals surface area contributed by atoms with Crippen LogP contribution in [0.2, 0.25) is 0 Å². The van der Waals surface area contributed by atoms with E-state index in [-0.39, 0.29) is 6.10 Å². The highest BCUT2D eigenvalue weighted by molar-refractivity contribution is 8.68. The molecular weight excluding hydrogens is 259 g/mol. The normalized spacial score (nSPS) is 15.2. The minimum absolute atomic E-state index is 0.135. The lowest BCUT2D eigenvalue weighted by Gasteiger charge is -2.23. The summed E-state index contributed by atoms with van der Waals surface area (Å²) in [6, 6.07) is 0. The summed E-state index contributed by atoms with van der Waals surface area (Å²) in [7, 11) is 0. The zero-order valence-corrected chi connectivity index (χ0v) is 12.7. The largest absolute Gasteiger partial charge is 0.324 e. The van der Waals surface area contributed by atoms with Gasteiger partial charge in [-0.2, -0.15) is 0 Å². The van der Waals surface area contributed by atoms with Gasteiger partial charge in [-0.1, -0.05) is 24.4 Å². The molecule has 0 saturated heterocycles. The molecule has 0 fully saturated rings. The highest BCUT2D eigenvalue weighted by atomic mass is 32.9. The first-order valence-electron chi connectivity index (χ1n) is 5.34. The summed E-state index contributed by atoms with van der Waals surface area (Å²) in [5.74, 6) is 1.01. The van der Waals surface area contributed by atoms with E-state index in [1.165, 1.54) is 0 Å². The monoisotopic (exact) mass is 280 g/mol. The van der Waals surface area contributed by atoms with Crippen LogP contribution in [0, 0.1) is 0 Å². The number of hydrogen-bond acceptors (Lipinski definition) is 4. The predicted octanol–water partition coefficient (Wildman–Crippen LogP) is 3.58. The fraction of sp³-hybridized carbons (Fsp3) is 0.700. The zero-order chi connectivity index (χ0) is 12.4. The fourth-order valence-electron chi connectivity index (χ4n) is 0.826. The van der Waals surface area contributed by atoms with Gasteiger partial charge in [0.2, 0.25) is 5.62 Å². The summed E-state index contributed by atoms with van der Waals surface area (Å²) < 4.78 is 5.78. The lowest BCUT2D eigenvalue weighted by atomic mass is 10.5. The van der Waals surface area contributed by atoms with Crippen LogP contribution in [0.5, 0.6) is 0 Å². The Hall–Kier alpha value is 0.170. The van der Waals surface area contributed by atoms with E-state index < -0.39 is 5.62 Å². The average Bonchev–Trinajstić information content (AvgIpc) is 2.21. The predicted molar refractivity (Wildman–Crippen MR) is 79.9 cm³/mol. The first-order chi connectivity index (χ1) is 7.54. The lowest BCUT2D eigenvalue weighted by Crippen LogP contribution is -2.12. The van der Waals surface area contributed by atoms with E-state index in [2.05, 4.69) is 23.6 Å². The van der Waals surface area contributed by atoms with Crippen molar-refractivity contribution in [2.45, 2.75) is 33.3 Å². The molecule has 0 radical (unpaired) electrons. The Morgan fingerprint density at radius 3 is 2.81 bits per heavy atom. The van der Waals surface area contributed by atoms with Gasteiger partial charge in [0.1, 0.15) is 0 Å². The van der Waals surface area contributed by atoms with Gasteiger partial charge in [-0.05, 0) is 32.1 Å². The molecule has 0 aliphatic heterocycles. The van der Waals surface area contributed by atoms with E-state index in [0.29, 0.717) is 6.54 Å². The zero-order valence-electron chi connectivity index (χ0n) is 10.2. The number of hydrogen-bond donors (Lipinski definition) is 1. The van der Waals surface area contributed by atoms with Crippen LogP contribution in [0.25, 0.3) is 0 Å². The molecule has 0 spiro atoms. The smallest absolute Gasteiger partial charge is 0.211 e. The SMILES string of the molecule is C=CCN=CNP(=S)(OC(C)C)SCCC. The van der Waals surface area contributed by atoms with Gasteiger partial charge in [0.05, 0.1) is 19.0 Å². The van der Waals surface area contributed by atoms with Crippen molar-refractivity contribution >= 4 is 35.1 Å². The van der Waals surface area contributed by atoms with E-state index in [1.54, 1.807) is 23.8 Å². The maximum Gasteiger partial charge on any atom is 0.211 e.